The molecule has 2 nitrogen and oxygen atoms in total. The molecule has 0 aliphatic carbocycles. The molecule has 0 spiro atoms. The highest BCUT2D eigenvalue weighted by molar-refractivity contribution is 6.25. The number of nitrogens with one attached hydrogen (secondary N) is 1. The summed E-state index contributed by atoms with van der Waals surface area (Å²) in [5.41, 5.74) is 2.78. The van der Waals surface area contributed by atoms with E-state index in [4.69, 9.17) is 16.3 Å². The van der Waals surface area contributed by atoms with Crippen LogP contribution in [0.25, 0.3) is 0 Å². The second kappa shape index (κ2) is 9.01. The first-order valence-electron chi connectivity index (χ1n) is 6.53. The minimum atomic E-state index is 0.432. The van der Waals surface area contributed by atoms with Crippen molar-refractivity contribution in [3.63, 3.8) is 0 Å². The maximum atomic E-state index is 5.50. The zero-order valence-corrected chi connectivity index (χ0v) is 11.9. The highest BCUT2D eigenvalue weighted by Gasteiger charge is 2.07. The molecule has 18 heavy (non-hydrogen) atoms. The zero-order chi connectivity index (χ0) is 13.2. The van der Waals surface area contributed by atoms with Gasteiger partial charge in [-0.3, -0.25) is 0 Å². The average molecular weight is 268 g/mol. The smallest absolute Gasteiger partial charge is 0.119 e. The van der Waals surface area contributed by atoms with Gasteiger partial charge in [-0.25, -0.2) is 0 Å². The topological polar surface area (TPSA) is 21.3 Å². The molecule has 0 bridgehead atoms. The predicted molar refractivity (Wildman–Crippen MR) is 78.3 cm³/mol. The Hall–Kier alpha value is -0.990. The van der Waals surface area contributed by atoms with Crippen LogP contribution < -0.4 is 10.1 Å². The molecule has 1 atom stereocenters. The molecule has 0 saturated carbocycles. The number of hydrogen-bond donors (Lipinski definition) is 1. The van der Waals surface area contributed by atoms with E-state index < -0.39 is 0 Å². The monoisotopic (exact) mass is 267 g/mol. The van der Waals surface area contributed by atoms with Gasteiger partial charge in [0.05, 0.1) is 0 Å². The maximum Gasteiger partial charge on any atom is 0.119 e. The minimum Gasteiger partial charge on any atom is -0.490 e. The molecule has 0 fully saturated rings. The molecule has 100 valence electrons. The number of rotatable bonds is 8. The third kappa shape index (κ3) is 5.11. The third-order valence-electron chi connectivity index (χ3n) is 2.77. The van der Waals surface area contributed by atoms with E-state index >= 15 is 0 Å². The fraction of sp³-hybridized carbons (Fsp3) is 0.467. The van der Waals surface area contributed by atoms with Gasteiger partial charge in [-0.05, 0) is 43.2 Å². The van der Waals surface area contributed by atoms with Gasteiger partial charge in [0.2, 0.25) is 0 Å². The van der Waals surface area contributed by atoms with Crippen molar-refractivity contribution in [1.29, 1.82) is 0 Å². The van der Waals surface area contributed by atoms with Gasteiger partial charge in [0.15, 0.2) is 0 Å². The molecule has 0 aromatic heterocycles. The van der Waals surface area contributed by atoms with E-state index in [1.54, 1.807) is 6.08 Å². The first-order chi connectivity index (χ1) is 8.81. The number of ether oxygens (including phenoxy) is 1. The minimum absolute atomic E-state index is 0.432. The van der Waals surface area contributed by atoms with Crippen LogP contribution in [0.2, 0.25) is 0 Å². The molecule has 0 aliphatic rings. The largest absolute Gasteiger partial charge is 0.490 e. The van der Waals surface area contributed by atoms with Crippen molar-refractivity contribution < 1.29 is 4.74 Å². The Kier molecular flexibility index (Phi) is 7.54. The summed E-state index contributed by atoms with van der Waals surface area (Å²) >= 11 is 5.43. The zero-order valence-electron chi connectivity index (χ0n) is 11.2. The van der Waals surface area contributed by atoms with E-state index in [0.29, 0.717) is 12.6 Å². The maximum absolute atomic E-state index is 5.50. The summed E-state index contributed by atoms with van der Waals surface area (Å²) in [6.07, 6.45) is 4.02. The van der Waals surface area contributed by atoms with Gasteiger partial charge >= 0.3 is 0 Å². The van der Waals surface area contributed by atoms with Crippen LogP contribution in [-0.2, 0) is 0 Å². The SMILES string of the molecule is CCCNC(CC)c1ccc(OC/C=C/Cl)cc1. The van der Waals surface area contributed by atoms with Crippen molar-refractivity contribution in [2.75, 3.05) is 13.2 Å². The van der Waals surface area contributed by atoms with Gasteiger partial charge < -0.3 is 10.1 Å². The van der Waals surface area contributed by atoms with Gasteiger partial charge in [0, 0.05) is 11.6 Å². The van der Waals surface area contributed by atoms with E-state index in [-0.39, 0.29) is 0 Å². The lowest BCUT2D eigenvalue weighted by molar-refractivity contribution is 0.362. The number of benzene rings is 1. The van der Waals surface area contributed by atoms with E-state index in [2.05, 4.69) is 31.3 Å². The summed E-state index contributed by atoms with van der Waals surface area (Å²) < 4.78 is 5.50. The second-order valence-corrected chi connectivity index (χ2v) is 4.41. The Labute approximate surface area is 115 Å². The first-order valence-corrected chi connectivity index (χ1v) is 6.96. The van der Waals surface area contributed by atoms with E-state index in [9.17, 15) is 0 Å². The standard InChI is InChI=1S/C15H22ClNO/c1-3-11-17-15(4-2)13-6-8-14(9-7-13)18-12-5-10-16/h5-10,15,17H,3-4,11-12H2,1-2H3/b10-5+. The second-order valence-electron chi connectivity index (χ2n) is 4.16. The molecule has 0 saturated heterocycles. The molecule has 3 heteroatoms. The fourth-order valence-corrected chi connectivity index (χ4v) is 1.87. The van der Waals surface area contributed by atoms with E-state index in [0.717, 1.165) is 25.1 Å². The Morgan fingerprint density at radius 2 is 2.00 bits per heavy atom. The molecule has 1 aromatic carbocycles. The summed E-state index contributed by atoms with van der Waals surface area (Å²) in [6.45, 7) is 5.94. The molecule has 0 amide bonds. The molecule has 1 rings (SSSR count). The predicted octanol–water partition coefficient (Wildman–Crippen LogP) is 4.27. The normalized spacial score (nSPS) is 12.8. The van der Waals surface area contributed by atoms with Crippen LogP contribution in [0.3, 0.4) is 0 Å². The van der Waals surface area contributed by atoms with Crippen LogP contribution in [0.1, 0.15) is 38.3 Å². The van der Waals surface area contributed by atoms with Crippen molar-refractivity contribution in [3.05, 3.63) is 41.4 Å². The number of halogens is 1. The molecular weight excluding hydrogens is 246 g/mol. The van der Waals surface area contributed by atoms with Crippen LogP contribution >= 0.6 is 11.6 Å². The van der Waals surface area contributed by atoms with E-state index in [1.807, 2.05) is 12.1 Å². The van der Waals surface area contributed by atoms with Gasteiger partial charge in [-0.2, -0.15) is 0 Å². The van der Waals surface area contributed by atoms with Crippen molar-refractivity contribution in [2.45, 2.75) is 32.7 Å². The summed E-state index contributed by atoms with van der Waals surface area (Å²) in [4.78, 5) is 0. The third-order valence-corrected chi connectivity index (χ3v) is 2.94. The van der Waals surface area contributed by atoms with Crippen molar-refractivity contribution >= 4 is 11.6 Å². The van der Waals surface area contributed by atoms with Gasteiger partial charge in [-0.15, -0.1) is 0 Å². The molecule has 1 N–H and O–H groups in total. The molecule has 1 aromatic rings. The summed E-state index contributed by atoms with van der Waals surface area (Å²) in [5.74, 6) is 0.874. The lowest BCUT2D eigenvalue weighted by atomic mass is 10.0. The summed E-state index contributed by atoms with van der Waals surface area (Å²) in [6, 6.07) is 8.69. The summed E-state index contributed by atoms with van der Waals surface area (Å²) in [5, 5.41) is 3.54. The van der Waals surface area contributed by atoms with E-state index in [1.165, 1.54) is 11.1 Å². The lowest BCUT2D eigenvalue weighted by Crippen LogP contribution is -2.21. The van der Waals surface area contributed by atoms with Crippen LogP contribution in [0.15, 0.2) is 35.9 Å². The Bertz CT molecular complexity index is 348. The number of hydrogen-bond acceptors (Lipinski definition) is 2. The molecule has 0 aliphatic heterocycles. The van der Waals surface area contributed by atoms with Crippen LogP contribution in [0, 0.1) is 0 Å². The van der Waals surface area contributed by atoms with Crippen molar-refractivity contribution in [1.82, 2.24) is 5.32 Å². The Morgan fingerprint density at radius 1 is 1.28 bits per heavy atom. The average Bonchev–Trinajstić information content (AvgIpc) is 2.41. The Morgan fingerprint density at radius 3 is 2.56 bits per heavy atom. The van der Waals surface area contributed by atoms with Gasteiger partial charge in [-0.1, -0.05) is 37.6 Å². The van der Waals surface area contributed by atoms with Crippen LogP contribution in [0.4, 0.5) is 0 Å². The molecule has 1 unspecified atom stereocenters. The summed E-state index contributed by atoms with van der Waals surface area (Å²) in [7, 11) is 0. The quantitative estimate of drug-likeness (QED) is 0.760. The molecular formula is C15H22ClNO. The van der Waals surface area contributed by atoms with Crippen LogP contribution in [0.5, 0.6) is 5.75 Å². The molecule has 0 heterocycles. The highest BCUT2D eigenvalue weighted by atomic mass is 35.5. The fourth-order valence-electron chi connectivity index (χ4n) is 1.79. The van der Waals surface area contributed by atoms with Crippen molar-refractivity contribution in [2.24, 2.45) is 0 Å². The van der Waals surface area contributed by atoms with Gasteiger partial charge in [0.1, 0.15) is 12.4 Å². The lowest BCUT2D eigenvalue weighted by Gasteiger charge is -2.17. The molecule has 0 radical (unpaired) electrons. The Balaban J connectivity index is 2.56. The van der Waals surface area contributed by atoms with Crippen LogP contribution in [-0.4, -0.2) is 13.2 Å². The highest BCUT2D eigenvalue weighted by Crippen LogP contribution is 2.20. The van der Waals surface area contributed by atoms with Gasteiger partial charge in [0.25, 0.3) is 0 Å². The first kappa shape index (κ1) is 15.1. The van der Waals surface area contributed by atoms with Crippen molar-refractivity contribution in [3.8, 4) is 5.75 Å².